The van der Waals surface area contributed by atoms with Crippen molar-refractivity contribution in [1.82, 2.24) is 15.1 Å². The number of carbonyl (C=O) groups is 2. The highest BCUT2D eigenvalue weighted by Crippen LogP contribution is 2.26. The molecule has 3 N–H and O–H groups in total. The van der Waals surface area contributed by atoms with Crippen LogP contribution < -0.4 is 10.1 Å². The summed E-state index contributed by atoms with van der Waals surface area (Å²) in [5, 5.41) is 27.0. The molecule has 3 rings (SSSR count). The molecule has 2 atom stereocenters. The van der Waals surface area contributed by atoms with Crippen molar-refractivity contribution < 1.29 is 28.9 Å². The Bertz CT molecular complexity index is 1250. The molecule has 0 spiro atoms. The Balaban J connectivity index is 1.96. The van der Waals surface area contributed by atoms with E-state index in [2.05, 4.69) is 10.4 Å². The molecule has 1 aromatic heterocycles. The number of nitrogens with one attached hydrogen (secondary N) is 1. The van der Waals surface area contributed by atoms with Gasteiger partial charge in [0.1, 0.15) is 18.1 Å². The Morgan fingerprint density at radius 1 is 1.17 bits per heavy atom. The molecule has 0 radical (unpaired) electrons. The maximum atomic E-state index is 14.6. The van der Waals surface area contributed by atoms with E-state index in [1.807, 2.05) is 39.8 Å². The number of amides is 1. The van der Waals surface area contributed by atoms with Crippen LogP contribution in [0.1, 0.15) is 60.4 Å². The summed E-state index contributed by atoms with van der Waals surface area (Å²) in [5.74, 6) is -2.35. The van der Waals surface area contributed by atoms with Crippen LogP contribution in [0.15, 0.2) is 48.5 Å². The first kappa shape index (κ1) is 26.9. The van der Waals surface area contributed by atoms with E-state index in [-0.39, 0.29) is 36.2 Å². The number of halogens is 1. The van der Waals surface area contributed by atoms with Gasteiger partial charge in [0, 0.05) is 6.07 Å². The summed E-state index contributed by atoms with van der Waals surface area (Å²) in [5.41, 5.74) is 1.33. The average molecular weight is 498 g/mol. The summed E-state index contributed by atoms with van der Waals surface area (Å²) in [6.45, 7) is 8.96. The van der Waals surface area contributed by atoms with Crippen molar-refractivity contribution in [3.05, 3.63) is 76.7 Å². The van der Waals surface area contributed by atoms with Gasteiger partial charge in [-0.1, -0.05) is 49.7 Å². The van der Waals surface area contributed by atoms with Gasteiger partial charge < -0.3 is 20.3 Å². The van der Waals surface area contributed by atoms with Gasteiger partial charge in [-0.2, -0.15) is 9.78 Å². The van der Waals surface area contributed by atoms with Gasteiger partial charge in [0.05, 0.1) is 18.1 Å². The van der Waals surface area contributed by atoms with Gasteiger partial charge >= 0.3 is 5.97 Å². The number of hydrogen-bond acceptors (Lipinski definition) is 5. The smallest absolute Gasteiger partial charge is 0.305 e. The normalized spacial score (nSPS) is 13.8. The van der Waals surface area contributed by atoms with Gasteiger partial charge in [-0.3, -0.25) is 9.59 Å². The number of nitrogens with zero attached hydrogens (tertiary/aromatic N) is 2. The van der Waals surface area contributed by atoms with E-state index < -0.39 is 29.3 Å². The first-order valence-electron chi connectivity index (χ1n) is 11.7. The van der Waals surface area contributed by atoms with Crippen molar-refractivity contribution in [2.75, 3.05) is 6.61 Å². The summed E-state index contributed by atoms with van der Waals surface area (Å²) in [4.78, 5) is 24.7. The number of carbonyl (C=O) groups excluding carboxylic acids is 1. The monoisotopic (exact) mass is 497 g/mol. The average Bonchev–Trinajstić information content (AvgIpc) is 3.21. The van der Waals surface area contributed by atoms with Gasteiger partial charge in [-0.05, 0) is 49.9 Å². The Morgan fingerprint density at radius 3 is 2.47 bits per heavy atom. The summed E-state index contributed by atoms with van der Waals surface area (Å²) in [6, 6.07) is 12.0. The second-order valence-corrected chi connectivity index (χ2v) is 9.52. The molecule has 2 aromatic carbocycles. The van der Waals surface area contributed by atoms with E-state index in [0.29, 0.717) is 5.56 Å². The van der Waals surface area contributed by atoms with Crippen LogP contribution >= 0.6 is 0 Å². The maximum absolute atomic E-state index is 14.6. The van der Waals surface area contributed by atoms with E-state index >= 15 is 0 Å². The molecule has 1 heterocycles. The minimum atomic E-state index is -1.18. The number of aromatic nitrogens is 2. The molecular formula is C27H32FN3O5. The zero-order valence-electron chi connectivity index (χ0n) is 21.1. The number of aliphatic hydroxyl groups is 1. The predicted octanol–water partition coefficient (Wildman–Crippen LogP) is 4.36. The van der Waals surface area contributed by atoms with Gasteiger partial charge in [0.15, 0.2) is 5.69 Å². The lowest BCUT2D eigenvalue weighted by atomic mass is 9.94. The van der Waals surface area contributed by atoms with Gasteiger partial charge in [0.2, 0.25) is 5.88 Å². The van der Waals surface area contributed by atoms with E-state index in [1.165, 1.54) is 24.3 Å². The van der Waals surface area contributed by atoms with Crippen LogP contribution in [0, 0.1) is 25.6 Å². The van der Waals surface area contributed by atoms with E-state index in [1.54, 1.807) is 19.1 Å². The van der Waals surface area contributed by atoms with Gasteiger partial charge in [0.25, 0.3) is 5.91 Å². The zero-order valence-corrected chi connectivity index (χ0v) is 21.1. The second kappa shape index (κ2) is 10.9. The Labute approximate surface area is 209 Å². The molecule has 2 unspecified atom stereocenters. The number of carboxylic acid groups (broad SMARTS) is 1. The molecule has 3 aromatic rings. The highest BCUT2D eigenvalue weighted by Gasteiger charge is 2.28. The number of benzene rings is 2. The lowest BCUT2D eigenvalue weighted by molar-refractivity contribution is -0.137. The van der Waals surface area contributed by atoms with E-state index in [9.17, 15) is 24.2 Å². The van der Waals surface area contributed by atoms with Crippen LogP contribution in [0.5, 0.6) is 5.88 Å². The number of carboxylic acids is 1. The Morgan fingerprint density at radius 2 is 1.86 bits per heavy atom. The molecule has 0 aliphatic rings. The lowest BCUT2D eigenvalue weighted by Crippen LogP contribution is -2.38. The number of ether oxygens (including phenoxy) is 1. The highest BCUT2D eigenvalue weighted by atomic mass is 19.1. The molecule has 0 aliphatic carbocycles. The minimum absolute atomic E-state index is 0.0622. The van der Waals surface area contributed by atoms with Crippen LogP contribution in [0.4, 0.5) is 4.39 Å². The van der Waals surface area contributed by atoms with Gasteiger partial charge in [-0.15, -0.1) is 0 Å². The number of hydrogen-bond donors (Lipinski definition) is 3. The fourth-order valence-corrected chi connectivity index (χ4v) is 3.62. The highest BCUT2D eigenvalue weighted by molar-refractivity contribution is 5.93. The topological polar surface area (TPSA) is 114 Å². The first-order chi connectivity index (χ1) is 16.9. The largest absolute Gasteiger partial charge is 0.481 e. The molecule has 0 aliphatic heterocycles. The van der Waals surface area contributed by atoms with Crippen molar-refractivity contribution in [2.24, 2.45) is 5.92 Å². The Hall–Kier alpha value is -3.72. The van der Waals surface area contributed by atoms with Crippen molar-refractivity contribution in [3.63, 3.8) is 0 Å². The Kier molecular flexibility index (Phi) is 8.14. The number of aryl methyl sites for hydroxylation is 2. The van der Waals surface area contributed by atoms with Crippen LogP contribution in [-0.2, 0) is 4.79 Å². The molecule has 0 bridgehead atoms. The van der Waals surface area contributed by atoms with Crippen molar-refractivity contribution in [2.45, 2.75) is 52.7 Å². The molecule has 0 saturated heterocycles. The molecular weight excluding hydrogens is 465 g/mol. The summed E-state index contributed by atoms with van der Waals surface area (Å²) < 4.78 is 21.5. The molecule has 0 saturated carbocycles. The first-order valence-corrected chi connectivity index (χ1v) is 11.7. The van der Waals surface area contributed by atoms with Crippen molar-refractivity contribution in [1.29, 1.82) is 0 Å². The van der Waals surface area contributed by atoms with Crippen molar-refractivity contribution >= 4 is 11.9 Å². The lowest BCUT2D eigenvalue weighted by Gasteiger charge is -2.27. The maximum Gasteiger partial charge on any atom is 0.305 e. The molecule has 192 valence electrons. The number of rotatable bonds is 10. The third-order valence-electron chi connectivity index (χ3n) is 6.23. The quantitative estimate of drug-likeness (QED) is 0.384. The van der Waals surface area contributed by atoms with E-state index in [0.717, 1.165) is 15.8 Å². The third-order valence-corrected chi connectivity index (χ3v) is 6.23. The van der Waals surface area contributed by atoms with Crippen LogP contribution in [0.2, 0.25) is 0 Å². The van der Waals surface area contributed by atoms with Crippen molar-refractivity contribution in [3.8, 4) is 11.6 Å². The van der Waals surface area contributed by atoms with Crippen LogP contribution in [0.25, 0.3) is 5.69 Å². The summed E-state index contributed by atoms with van der Waals surface area (Å²) >= 11 is 0. The third kappa shape index (κ3) is 6.28. The predicted molar refractivity (Wildman–Crippen MR) is 133 cm³/mol. The molecule has 36 heavy (non-hydrogen) atoms. The molecule has 0 fully saturated rings. The molecule has 1 amide bonds. The van der Waals surface area contributed by atoms with Gasteiger partial charge in [-0.25, -0.2) is 4.39 Å². The fourth-order valence-electron chi connectivity index (χ4n) is 3.62. The summed E-state index contributed by atoms with van der Waals surface area (Å²) in [7, 11) is 0. The molecule has 9 heteroatoms. The number of aliphatic carboxylic acids is 1. The number of para-hydroxylation sites is 1. The minimum Gasteiger partial charge on any atom is -0.481 e. The zero-order chi connectivity index (χ0) is 26.6. The second-order valence-electron chi connectivity index (χ2n) is 9.52. The summed E-state index contributed by atoms with van der Waals surface area (Å²) in [6.07, 6.45) is -0.329. The molecule has 8 nitrogen and oxygen atoms in total. The van der Waals surface area contributed by atoms with Crippen LogP contribution in [-0.4, -0.2) is 44.1 Å². The fraction of sp³-hybridized carbons (Fsp3) is 0.370. The van der Waals surface area contributed by atoms with E-state index in [4.69, 9.17) is 4.74 Å². The van der Waals surface area contributed by atoms with Crippen LogP contribution in [0.3, 0.4) is 0 Å². The SMILES string of the molecule is Cc1ccc(C(CC(=O)O)NC(=O)c2cc(OCC(C)(O)C(C)C)n(-c3ccccc3F)n2)c(C)c1. The standard InChI is InChI=1S/C27H32FN3O5/c1-16(2)27(5,35)15-36-24-13-22(30-31(24)23-9-7-6-8-20(23)28)26(34)29-21(14-25(32)33)19-11-10-17(3)12-18(19)4/h6-13,16,21,35H,14-15H2,1-5H3,(H,29,34)(H,32,33).